The van der Waals surface area contributed by atoms with Gasteiger partial charge in [0.15, 0.2) is 0 Å². The number of nitrogens with one attached hydrogen (secondary N) is 2. The molecule has 0 amide bonds. The Morgan fingerprint density at radius 1 is 1.45 bits per heavy atom. The molecule has 1 aliphatic heterocycles. The van der Waals surface area contributed by atoms with Gasteiger partial charge in [0.1, 0.15) is 5.75 Å². The molecule has 20 heavy (non-hydrogen) atoms. The van der Waals surface area contributed by atoms with Crippen molar-refractivity contribution in [1.82, 2.24) is 10.6 Å². The van der Waals surface area contributed by atoms with Crippen molar-refractivity contribution in [2.45, 2.75) is 19.3 Å². The zero-order valence-electron chi connectivity index (χ0n) is 10.8. The van der Waals surface area contributed by atoms with Crippen LogP contribution in [0.15, 0.2) is 18.2 Å². The predicted octanol–water partition coefficient (Wildman–Crippen LogP) is 1.61. The smallest absolute Gasteiger partial charge is 0.387 e. The summed E-state index contributed by atoms with van der Waals surface area (Å²) >= 11 is 5.87. The Bertz CT molecular complexity index is 448. The number of alkyl halides is 2. The van der Waals surface area contributed by atoms with Gasteiger partial charge in [-0.05, 0) is 17.7 Å². The summed E-state index contributed by atoms with van der Waals surface area (Å²) in [4.78, 5) is 0. The Kier molecular flexibility index (Phi) is 5.54. The van der Waals surface area contributed by atoms with E-state index in [1.54, 1.807) is 12.1 Å². The summed E-state index contributed by atoms with van der Waals surface area (Å²) < 4.78 is 28.5. The van der Waals surface area contributed by atoms with E-state index in [4.69, 9.17) is 11.6 Å². The van der Waals surface area contributed by atoms with Crippen LogP contribution in [0.5, 0.6) is 5.75 Å². The predicted molar refractivity (Wildman–Crippen MR) is 72.2 cm³/mol. The van der Waals surface area contributed by atoms with Gasteiger partial charge in [-0.1, -0.05) is 17.7 Å². The molecule has 0 saturated carbocycles. The summed E-state index contributed by atoms with van der Waals surface area (Å²) in [6.07, 6.45) is -0.326. The number of halogens is 3. The number of hydrogen-bond donors (Lipinski definition) is 3. The summed E-state index contributed by atoms with van der Waals surface area (Å²) in [6, 6.07) is 4.70. The van der Waals surface area contributed by atoms with E-state index in [0.29, 0.717) is 19.6 Å². The topological polar surface area (TPSA) is 53.5 Å². The standard InChI is InChI=1S/C13H17ClF2N2O2/c14-10-3-8(1-2-12(10)20-13(15)16)4-17-5-9-6-18-7-11(9)19/h1-3,9,11,13,17-19H,4-7H2. The van der Waals surface area contributed by atoms with Crippen LogP contribution in [0.25, 0.3) is 0 Å². The molecule has 0 aliphatic carbocycles. The van der Waals surface area contributed by atoms with E-state index in [1.165, 1.54) is 6.07 Å². The molecular weight excluding hydrogens is 290 g/mol. The maximum Gasteiger partial charge on any atom is 0.387 e. The van der Waals surface area contributed by atoms with E-state index >= 15 is 0 Å². The van der Waals surface area contributed by atoms with Gasteiger partial charge in [-0.2, -0.15) is 8.78 Å². The molecular formula is C13H17ClF2N2O2. The minimum atomic E-state index is -2.88. The Balaban J connectivity index is 1.82. The minimum Gasteiger partial charge on any atom is -0.433 e. The lowest BCUT2D eigenvalue weighted by atomic mass is 10.1. The van der Waals surface area contributed by atoms with Crippen molar-refractivity contribution < 1.29 is 18.6 Å². The average Bonchev–Trinajstić information content (AvgIpc) is 2.78. The summed E-state index contributed by atoms with van der Waals surface area (Å²) in [5.74, 6) is 0.160. The van der Waals surface area contributed by atoms with Crippen LogP contribution in [-0.4, -0.2) is 37.5 Å². The van der Waals surface area contributed by atoms with Crippen LogP contribution in [0.3, 0.4) is 0 Å². The van der Waals surface area contributed by atoms with Crippen LogP contribution in [-0.2, 0) is 6.54 Å². The zero-order chi connectivity index (χ0) is 14.5. The van der Waals surface area contributed by atoms with Crippen molar-refractivity contribution in [3.05, 3.63) is 28.8 Å². The van der Waals surface area contributed by atoms with Gasteiger partial charge < -0.3 is 20.5 Å². The van der Waals surface area contributed by atoms with Crippen molar-refractivity contribution in [2.24, 2.45) is 5.92 Å². The number of rotatable bonds is 6. The monoisotopic (exact) mass is 306 g/mol. The van der Waals surface area contributed by atoms with Gasteiger partial charge in [0.2, 0.25) is 0 Å². The third-order valence-corrected chi connectivity index (χ3v) is 3.55. The lowest BCUT2D eigenvalue weighted by Gasteiger charge is -2.14. The lowest BCUT2D eigenvalue weighted by Crippen LogP contribution is -2.30. The molecule has 0 aromatic heterocycles. The fourth-order valence-electron chi connectivity index (χ4n) is 2.18. The van der Waals surface area contributed by atoms with E-state index in [1.807, 2.05) is 0 Å². The fourth-order valence-corrected chi connectivity index (χ4v) is 2.42. The summed E-state index contributed by atoms with van der Waals surface area (Å²) in [5.41, 5.74) is 0.872. The molecule has 3 N–H and O–H groups in total. The van der Waals surface area contributed by atoms with E-state index in [9.17, 15) is 13.9 Å². The summed E-state index contributed by atoms with van der Waals surface area (Å²) in [6.45, 7) is -0.236. The van der Waals surface area contributed by atoms with Crippen molar-refractivity contribution in [1.29, 1.82) is 0 Å². The van der Waals surface area contributed by atoms with E-state index in [-0.39, 0.29) is 22.8 Å². The number of benzene rings is 1. The van der Waals surface area contributed by atoms with Crippen molar-refractivity contribution in [2.75, 3.05) is 19.6 Å². The number of aliphatic hydroxyl groups excluding tert-OH is 1. The van der Waals surface area contributed by atoms with Crippen molar-refractivity contribution in [3.63, 3.8) is 0 Å². The molecule has 2 atom stereocenters. The Hall–Kier alpha value is -0.950. The minimum absolute atomic E-state index is 0.0270. The highest BCUT2D eigenvalue weighted by molar-refractivity contribution is 6.32. The maximum absolute atomic E-state index is 12.1. The number of ether oxygens (including phenoxy) is 1. The molecule has 1 aromatic rings. The molecule has 1 aromatic carbocycles. The van der Waals surface area contributed by atoms with Gasteiger partial charge in [0, 0.05) is 32.1 Å². The first-order chi connectivity index (χ1) is 9.56. The highest BCUT2D eigenvalue weighted by atomic mass is 35.5. The van der Waals surface area contributed by atoms with Crippen LogP contribution < -0.4 is 15.4 Å². The highest BCUT2D eigenvalue weighted by Gasteiger charge is 2.24. The third-order valence-electron chi connectivity index (χ3n) is 3.25. The first-order valence-corrected chi connectivity index (χ1v) is 6.77. The second-order valence-electron chi connectivity index (χ2n) is 4.76. The number of aliphatic hydroxyl groups is 1. The van der Waals surface area contributed by atoms with Crippen LogP contribution in [0.1, 0.15) is 5.56 Å². The lowest BCUT2D eigenvalue weighted by molar-refractivity contribution is -0.0497. The van der Waals surface area contributed by atoms with Gasteiger partial charge in [0.05, 0.1) is 11.1 Å². The molecule has 0 spiro atoms. The van der Waals surface area contributed by atoms with E-state index in [0.717, 1.165) is 12.1 Å². The van der Waals surface area contributed by atoms with Gasteiger partial charge in [-0.25, -0.2) is 0 Å². The van der Waals surface area contributed by atoms with Gasteiger partial charge >= 0.3 is 6.61 Å². The molecule has 2 unspecified atom stereocenters. The molecule has 1 aliphatic rings. The number of hydrogen-bond acceptors (Lipinski definition) is 4. The molecule has 2 rings (SSSR count). The van der Waals surface area contributed by atoms with Crippen molar-refractivity contribution in [3.8, 4) is 5.75 Å². The first kappa shape index (κ1) is 15.4. The second kappa shape index (κ2) is 7.17. The maximum atomic E-state index is 12.1. The average molecular weight is 307 g/mol. The quantitative estimate of drug-likeness (QED) is 0.747. The van der Waals surface area contributed by atoms with Crippen LogP contribution in [0.2, 0.25) is 5.02 Å². The molecule has 1 saturated heterocycles. The van der Waals surface area contributed by atoms with Crippen LogP contribution in [0, 0.1) is 5.92 Å². The van der Waals surface area contributed by atoms with E-state index < -0.39 is 6.61 Å². The molecule has 1 fully saturated rings. The normalized spacial score (nSPS) is 22.4. The first-order valence-electron chi connectivity index (χ1n) is 6.39. The SMILES string of the molecule is OC1CNCC1CNCc1ccc(OC(F)F)c(Cl)c1. The van der Waals surface area contributed by atoms with Gasteiger partial charge in [0.25, 0.3) is 0 Å². The zero-order valence-corrected chi connectivity index (χ0v) is 11.5. The van der Waals surface area contributed by atoms with Crippen LogP contribution in [0.4, 0.5) is 8.78 Å². The van der Waals surface area contributed by atoms with Crippen LogP contribution >= 0.6 is 11.6 Å². The molecule has 112 valence electrons. The Labute approximate surface area is 121 Å². The molecule has 1 heterocycles. The van der Waals surface area contributed by atoms with E-state index in [2.05, 4.69) is 15.4 Å². The largest absolute Gasteiger partial charge is 0.433 e. The van der Waals surface area contributed by atoms with Gasteiger partial charge in [-0.3, -0.25) is 0 Å². The molecule has 4 nitrogen and oxygen atoms in total. The van der Waals surface area contributed by atoms with Crippen molar-refractivity contribution >= 4 is 11.6 Å². The second-order valence-corrected chi connectivity index (χ2v) is 5.17. The Morgan fingerprint density at radius 2 is 2.25 bits per heavy atom. The molecule has 0 radical (unpaired) electrons. The van der Waals surface area contributed by atoms with Gasteiger partial charge in [-0.15, -0.1) is 0 Å². The fraction of sp³-hybridized carbons (Fsp3) is 0.538. The molecule has 7 heteroatoms. The Morgan fingerprint density at radius 3 is 2.85 bits per heavy atom. The third kappa shape index (κ3) is 4.28. The summed E-state index contributed by atoms with van der Waals surface area (Å²) in [7, 11) is 0. The molecule has 0 bridgehead atoms. The summed E-state index contributed by atoms with van der Waals surface area (Å²) in [5, 5.41) is 16.1. The number of β-amino-alcohol motifs (C(OH)–C–C–N with tert-alkyl or cyclic N) is 1. The highest BCUT2D eigenvalue weighted by Crippen LogP contribution is 2.26.